The Hall–Kier alpha value is -0.830. The van der Waals surface area contributed by atoms with E-state index >= 15 is 0 Å². The van der Waals surface area contributed by atoms with Gasteiger partial charge < -0.3 is 10.6 Å². The molecule has 0 saturated heterocycles. The Morgan fingerprint density at radius 1 is 1.43 bits per heavy atom. The third-order valence-electron chi connectivity index (χ3n) is 2.76. The molecule has 0 bridgehead atoms. The molecule has 3 rings (SSSR count). The van der Waals surface area contributed by atoms with Crippen molar-refractivity contribution in [2.45, 2.75) is 17.7 Å². The van der Waals surface area contributed by atoms with Gasteiger partial charge in [0.05, 0.1) is 5.88 Å². The van der Waals surface area contributed by atoms with Gasteiger partial charge in [-0.05, 0) is 37.0 Å². The van der Waals surface area contributed by atoms with Gasteiger partial charge >= 0.3 is 0 Å². The zero-order chi connectivity index (χ0) is 9.38. The van der Waals surface area contributed by atoms with Gasteiger partial charge in [-0.3, -0.25) is 0 Å². The van der Waals surface area contributed by atoms with Gasteiger partial charge in [0.15, 0.2) is 0 Å². The van der Waals surface area contributed by atoms with Crippen molar-refractivity contribution in [2.75, 3.05) is 23.1 Å². The molecule has 1 aliphatic carbocycles. The van der Waals surface area contributed by atoms with Crippen LogP contribution < -0.4 is 10.6 Å². The zero-order valence-electron chi connectivity index (χ0n) is 8.05. The molecule has 2 aliphatic rings. The summed E-state index contributed by atoms with van der Waals surface area (Å²) in [6, 6.07) is 6.59. The maximum Gasteiger partial charge on any atom is 0.0658 e. The minimum absolute atomic E-state index is 0.939. The average molecular weight is 206 g/mol. The first-order valence-corrected chi connectivity index (χ1v) is 6.15. The highest BCUT2D eigenvalue weighted by atomic mass is 32.2. The number of rotatable bonds is 3. The lowest BCUT2D eigenvalue weighted by Gasteiger charge is -2.06. The van der Waals surface area contributed by atoms with Gasteiger partial charge in [-0.25, -0.2) is 0 Å². The van der Waals surface area contributed by atoms with Crippen molar-refractivity contribution in [3.8, 4) is 0 Å². The van der Waals surface area contributed by atoms with E-state index in [1.54, 1.807) is 0 Å². The van der Waals surface area contributed by atoms with Crippen molar-refractivity contribution < 1.29 is 0 Å². The van der Waals surface area contributed by atoms with Crippen LogP contribution in [0.15, 0.2) is 23.1 Å². The molecule has 1 aromatic carbocycles. The fourth-order valence-corrected chi connectivity index (χ4v) is 2.56. The Bertz CT molecular complexity index is 347. The van der Waals surface area contributed by atoms with Crippen molar-refractivity contribution in [3.63, 3.8) is 0 Å². The Morgan fingerprint density at radius 2 is 2.36 bits per heavy atom. The lowest BCUT2D eigenvalue weighted by Crippen LogP contribution is -2.02. The van der Waals surface area contributed by atoms with E-state index < -0.39 is 0 Å². The highest BCUT2D eigenvalue weighted by Crippen LogP contribution is 2.36. The third kappa shape index (κ3) is 1.69. The van der Waals surface area contributed by atoms with Crippen molar-refractivity contribution in [1.82, 2.24) is 0 Å². The van der Waals surface area contributed by atoms with Crippen LogP contribution in [0.25, 0.3) is 0 Å². The first-order valence-electron chi connectivity index (χ1n) is 5.16. The van der Waals surface area contributed by atoms with Crippen LogP contribution >= 0.6 is 11.8 Å². The molecular formula is C11H14N2S. The van der Waals surface area contributed by atoms with E-state index in [-0.39, 0.29) is 0 Å². The van der Waals surface area contributed by atoms with Gasteiger partial charge in [0.1, 0.15) is 0 Å². The minimum atomic E-state index is 0.939. The third-order valence-corrected chi connectivity index (χ3v) is 3.70. The van der Waals surface area contributed by atoms with Gasteiger partial charge in [0.25, 0.3) is 0 Å². The standard InChI is InChI=1S/C11H14N2S/c1-2-8(1)6-12-9-3-4-10-11(5-9)14-7-13-10/h3-5,8,12-13H,1-2,6-7H2. The van der Waals surface area contributed by atoms with Gasteiger partial charge in [-0.15, -0.1) is 11.8 Å². The summed E-state index contributed by atoms with van der Waals surface area (Å²) >= 11 is 1.88. The van der Waals surface area contributed by atoms with E-state index in [1.165, 1.54) is 29.1 Å². The number of nitrogens with one attached hydrogen (secondary N) is 2. The van der Waals surface area contributed by atoms with Crippen LogP contribution in [0, 0.1) is 5.92 Å². The summed E-state index contributed by atoms with van der Waals surface area (Å²) in [6.07, 6.45) is 2.82. The number of hydrogen-bond acceptors (Lipinski definition) is 3. The van der Waals surface area contributed by atoms with Gasteiger partial charge in [-0.2, -0.15) is 0 Å². The summed E-state index contributed by atoms with van der Waals surface area (Å²) in [7, 11) is 0. The van der Waals surface area contributed by atoms with Crippen LogP contribution in [0.3, 0.4) is 0 Å². The molecule has 0 atom stereocenters. The summed E-state index contributed by atoms with van der Waals surface area (Å²) in [4.78, 5) is 1.38. The van der Waals surface area contributed by atoms with Gasteiger partial charge in [-0.1, -0.05) is 0 Å². The largest absolute Gasteiger partial charge is 0.385 e. The Balaban J connectivity index is 1.71. The van der Waals surface area contributed by atoms with Crippen LogP contribution in [0.1, 0.15) is 12.8 Å². The first-order chi connectivity index (χ1) is 6.92. The summed E-state index contributed by atoms with van der Waals surface area (Å²) in [5, 5.41) is 6.83. The fourth-order valence-electron chi connectivity index (χ4n) is 1.67. The maximum absolute atomic E-state index is 3.50. The summed E-state index contributed by atoms with van der Waals surface area (Å²) < 4.78 is 0. The lowest BCUT2D eigenvalue weighted by molar-refractivity contribution is 0.889. The van der Waals surface area contributed by atoms with E-state index in [0.717, 1.165) is 18.3 Å². The molecule has 2 N–H and O–H groups in total. The van der Waals surface area contributed by atoms with E-state index in [2.05, 4.69) is 28.8 Å². The van der Waals surface area contributed by atoms with Crippen LogP contribution in [0.2, 0.25) is 0 Å². The molecule has 0 spiro atoms. The van der Waals surface area contributed by atoms with Crippen molar-refractivity contribution in [2.24, 2.45) is 5.92 Å². The van der Waals surface area contributed by atoms with E-state index in [4.69, 9.17) is 0 Å². The topological polar surface area (TPSA) is 24.1 Å². The monoisotopic (exact) mass is 206 g/mol. The van der Waals surface area contributed by atoms with Gasteiger partial charge in [0.2, 0.25) is 0 Å². The first kappa shape index (κ1) is 8.48. The minimum Gasteiger partial charge on any atom is -0.385 e. The molecule has 14 heavy (non-hydrogen) atoms. The molecule has 1 fully saturated rings. The van der Waals surface area contributed by atoms with Gasteiger partial charge in [0, 0.05) is 22.8 Å². The van der Waals surface area contributed by atoms with E-state index in [0.29, 0.717) is 0 Å². The van der Waals surface area contributed by atoms with Crippen molar-refractivity contribution >= 4 is 23.1 Å². The van der Waals surface area contributed by atoms with Crippen molar-refractivity contribution in [3.05, 3.63) is 18.2 Å². The molecule has 1 heterocycles. The number of anilines is 2. The second kappa shape index (κ2) is 3.39. The molecule has 1 saturated carbocycles. The summed E-state index contributed by atoms with van der Waals surface area (Å²) in [6.45, 7) is 1.15. The second-order valence-electron chi connectivity index (χ2n) is 4.00. The maximum atomic E-state index is 3.50. The Morgan fingerprint density at radius 3 is 3.21 bits per heavy atom. The van der Waals surface area contributed by atoms with Crippen LogP contribution in [-0.4, -0.2) is 12.4 Å². The molecular weight excluding hydrogens is 192 g/mol. The molecule has 3 heteroatoms. The number of benzene rings is 1. The molecule has 0 radical (unpaired) electrons. The predicted molar refractivity (Wildman–Crippen MR) is 62.0 cm³/mol. The molecule has 74 valence electrons. The normalized spacial score (nSPS) is 18.9. The Labute approximate surface area is 88.5 Å². The number of hydrogen-bond donors (Lipinski definition) is 2. The van der Waals surface area contributed by atoms with Crippen LogP contribution in [-0.2, 0) is 0 Å². The summed E-state index contributed by atoms with van der Waals surface area (Å²) in [5.74, 6) is 1.95. The van der Waals surface area contributed by atoms with E-state index in [1.807, 2.05) is 11.8 Å². The summed E-state index contributed by atoms with van der Waals surface area (Å²) in [5.41, 5.74) is 2.55. The fraction of sp³-hybridized carbons (Fsp3) is 0.455. The zero-order valence-corrected chi connectivity index (χ0v) is 8.86. The van der Waals surface area contributed by atoms with E-state index in [9.17, 15) is 0 Å². The number of fused-ring (bicyclic) bond motifs is 1. The smallest absolute Gasteiger partial charge is 0.0658 e. The lowest BCUT2D eigenvalue weighted by atomic mass is 10.2. The number of thioether (sulfide) groups is 1. The average Bonchev–Trinajstić information content (AvgIpc) is 2.92. The van der Waals surface area contributed by atoms with Crippen LogP contribution in [0.4, 0.5) is 11.4 Å². The van der Waals surface area contributed by atoms with Crippen molar-refractivity contribution in [1.29, 1.82) is 0 Å². The molecule has 0 unspecified atom stereocenters. The Kier molecular flexibility index (Phi) is 2.05. The second-order valence-corrected chi connectivity index (χ2v) is 5.02. The molecule has 0 aromatic heterocycles. The molecule has 2 nitrogen and oxygen atoms in total. The quantitative estimate of drug-likeness (QED) is 0.795. The molecule has 1 aliphatic heterocycles. The highest BCUT2D eigenvalue weighted by molar-refractivity contribution is 7.99. The molecule has 1 aromatic rings. The van der Waals surface area contributed by atoms with Crippen LogP contribution in [0.5, 0.6) is 0 Å². The molecule has 0 amide bonds. The SMILES string of the molecule is c1cc2c(cc1NCC1CC1)SCN2. The highest BCUT2D eigenvalue weighted by Gasteiger charge is 2.20. The predicted octanol–water partition coefficient (Wildman–Crippen LogP) is 2.98.